The van der Waals surface area contributed by atoms with Crippen molar-refractivity contribution in [3.63, 3.8) is 0 Å². The second-order valence-corrected chi connectivity index (χ2v) is 20.1. The van der Waals surface area contributed by atoms with Gasteiger partial charge in [0.1, 0.15) is 0 Å². The van der Waals surface area contributed by atoms with Gasteiger partial charge >= 0.3 is 0 Å². The van der Waals surface area contributed by atoms with E-state index in [4.69, 9.17) is 8.85 Å². The molecule has 0 saturated carbocycles. The van der Waals surface area contributed by atoms with Gasteiger partial charge in [-0.1, -0.05) is 108 Å². The molecule has 0 atom stereocenters. The molecule has 0 heterocycles. The fourth-order valence-electron chi connectivity index (χ4n) is 3.75. The standard InChI is InChI=1S/C28H42O2Si2/c1-27(2,3)31(7,8)29-23-17-9-10-18-24-30-32(28(4,5)6,25-19-13-11-14-20-25)26-21-15-12-16-22-26/h11-16,19-22H,9,17,23-24H2,1-8H3. The summed E-state index contributed by atoms with van der Waals surface area (Å²) in [5, 5.41) is 2.82. The van der Waals surface area contributed by atoms with Gasteiger partial charge in [0.2, 0.25) is 0 Å². The van der Waals surface area contributed by atoms with E-state index in [-0.39, 0.29) is 10.1 Å². The molecule has 32 heavy (non-hydrogen) atoms. The maximum absolute atomic E-state index is 6.81. The van der Waals surface area contributed by atoms with Crippen molar-refractivity contribution < 1.29 is 8.85 Å². The van der Waals surface area contributed by atoms with Gasteiger partial charge in [-0.15, -0.1) is 5.92 Å². The highest BCUT2D eigenvalue weighted by atomic mass is 28.4. The third kappa shape index (κ3) is 6.45. The SMILES string of the molecule is CC(C)(C)[Si](C)(C)OCCCC#CCO[Si](c1ccccc1)(c1ccccc1)C(C)(C)C. The van der Waals surface area contributed by atoms with Crippen LogP contribution < -0.4 is 10.4 Å². The fraction of sp³-hybridized carbons (Fsp3) is 0.500. The summed E-state index contributed by atoms with van der Waals surface area (Å²) >= 11 is 0. The smallest absolute Gasteiger partial charge is 0.262 e. The molecule has 0 aliphatic heterocycles. The third-order valence-corrected chi connectivity index (χ3v) is 16.1. The molecule has 174 valence electrons. The lowest BCUT2D eigenvalue weighted by Crippen LogP contribution is -2.66. The Morgan fingerprint density at radius 2 is 1.19 bits per heavy atom. The number of rotatable bonds is 8. The first-order valence-corrected chi connectivity index (χ1v) is 16.6. The van der Waals surface area contributed by atoms with E-state index in [1.54, 1.807) is 0 Å². The molecule has 0 fully saturated rings. The Morgan fingerprint density at radius 1 is 0.688 bits per heavy atom. The lowest BCUT2D eigenvalue weighted by Gasteiger charge is -2.42. The van der Waals surface area contributed by atoms with Crippen LogP contribution in [0.1, 0.15) is 54.4 Å². The molecule has 0 unspecified atom stereocenters. The molecule has 0 N–H and O–H groups in total. The van der Waals surface area contributed by atoms with Crippen LogP contribution in [-0.4, -0.2) is 29.8 Å². The van der Waals surface area contributed by atoms with Gasteiger partial charge in [-0.05, 0) is 40.0 Å². The number of unbranched alkanes of at least 4 members (excludes halogenated alkanes) is 1. The zero-order valence-corrected chi connectivity index (χ0v) is 23.4. The van der Waals surface area contributed by atoms with Gasteiger partial charge in [-0.25, -0.2) is 0 Å². The Hall–Kier alpha value is -1.65. The average molecular weight is 467 g/mol. The van der Waals surface area contributed by atoms with Crippen LogP contribution in [0.5, 0.6) is 0 Å². The van der Waals surface area contributed by atoms with Gasteiger partial charge < -0.3 is 8.85 Å². The van der Waals surface area contributed by atoms with E-state index in [2.05, 4.69) is 127 Å². The van der Waals surface area contributed by atoms with E-state index < -0.39 is 16.6 Å². The van der Waals surface area contributed by atoms with Gasteiger partial charge in [0.25, 0.3) is 8.32 Å². The van der Waals surface area contributed by atoms with Crippen LogP contribution in [0.25, 0.3) is 0 Å². The number of hydrogen-bond donors (Lipinski definition) is 0. The second-order valence-electron chi connectivity index (χ2n) is 11.0. The molecule has 4 heteroatoms. The van der Waals surface area contributed by atoms with Crippen molar-refractivity contribution in [1.82, 2.24) is 0 Å². The van der Waals surface area contributed by atoms with Crippen LogP contribution >= 0.6 is 0 Å². The maximum Gasteiger partial charge on any atom is 0.262 e. The van der Waals surface area contributed by atoms with Gasteiger partial charge in [-0.2, -0.15) is 0 Å². The van der Waals surface area contributed by atoms with E-state index in [0.717, 1.165) is 19.4 Å². The predicted octanol–water partition coefficient (Wildman–Crippen LogP) is 6.37. The minimum Gasteiger partial charge on any atom is -0.417 e. The number of benzene rings is 2. The van der Waals surface area contributed by atoms with E-state index in [1.807, 2.05) is 0 Å². The van der Waals surface area contributed by atoms with E-state index >= 15 is 0 Å². The van der Waals surface area contributed by atoms with Crippen molar-refractivity contribution in [3.05, 3.63) is 60.7 Å². The summed E-state index contributed by atoms with van der Waals surface area (Å²) in [4.78, 5) is 0. The van der Waals surface area contributed by atoms with Crippen LogP contribution in [0.4, 0.5) is 0 Å². The van der Waals surface area contributed by atoms with Crippen molar-refractivity contribution in [2.75, 3.05) is 13.2 Å². The molecule has 0 aliphatic rings. The molecule has 0 spiro atoms. The molecule has 2 aromatic rings. The van der Waals surface area contributed by atoms with Crippen LogP contribution in [0.15, 0.2) is 60.7 Å². The molecule has 0 aliphatic carbocycles. The van der Waals surface area contributed by atoms with Crippen LogP contribution in [0.2, 0.25) is 23.2 Å². The lowest BCUT2D eigenvalue weighted by atomic mass is 10.2. The van der Waals surface area contributed by atoms with E-state index in [9.17, 15) is 0 Å². The number of hydrogen-bond acceptors (Lipinski definition) is 2. The topological polar surface area (TPSA) is 18.5 Å². The second kappa shape index (κ2) is 11.0. The Kier molecular flexibility index (Phi) is 9.13. The van der Waals surface area contributed by atoms with Gasteiger partial charge in [0.15, 0.2) is 8.32 Å². The van der Waals surface area contributed by atoms with Crippen LogP contribution in [0.3, 0.4) is 0 Å². The highest BCUT2D eigenvalue weighted by molar-refractivity contribution is 6.99. The molecule has 0 radical (unpaired) electrons. The van der Waals surface area contributed by atoms with E-state index in [0.29, 0.717) is 6.61 Å². The van der Waals surface area contributed by atoms with Crippen molar-refractivity contribution >= 4 is 27.0 Å². The molecular weight excluding hydrogens is 424 g/mol. The monoisotopic (exact) mass is 466 g/mol. The summed E-state index contributed by atoms with van der Waals surface area (Å²) in [5.74, 6) is 6.62. The normalized spacial score (nSPS) is 12.9. The summed E-state index contributed by atoms with van der Waals surface area (Å²) in [7, 11) is -4.16. The summed E-state index contributed by atoms with van der Waals surface area (Å²) in [6, 6.07) is 21.5. The summed E-state index contributed by atoms with van der Waals surface area (Å²) in [6.45, 7) is 19.6. The van der Waals surface area contributed by atoms with Crippen LogP contribution in [0, 0.1) is 11.8 Å². The van der Waals surface area contributed by atoms with Gasteiger partial charge in [0, 0.05) is 13.0 Å². The molecule has 2 rings (SSSR count). The molecule has 2 nitrogen and oxygen atoms in total. The van der Waals surface area contributed by atoms with Crippen molar-refractivity contribution in [2.24, 2.45) is 0 Å². The zero-order chi connectivity index (χ0) is 23.9. The van der Waals surface area contributed by atoms with Gasteiger partial charge in [0.05, 0.1) is 6.61 Å². The fourth-order valence-corrected chi connectivity index (χ4v) is 9.28. The Bertz CT molecular complexity index is 843. The minimum absolute atomic E-state index is 0.0195. The average Bonchev–Trinajstić information content (AvgIpc) is 2.72. The largest absolute Gasteiger partial charge is 0.417 e. The highest BCUT2D eigenvalue weighted by Gasteiger charge is 2.50. The first kappa shape index (κ1) is 26.6. The summed E-state index contributed by atoms with van der Waals surface area (Å²) < 4.78 is 13.1. The minimum atomic E-state index is -2.49. The first-order valence-electron chi connectivity index (χ1n) is 11.8. The molecule has 0 bridgehead atoms. The van der Waals surface area contributed by atoms with Crippen molar-refractivity contribution in [2.45, 2.75) is 77.6 Å². The lowest BCUT2D eigenvalue weighted by molar-refractivity contribution is 0.284. The van der Waals surface area contributed by atoms with Crippen molar-refractivity contribution in [1.29, 1.82) is 0 Å². The van der Waals surface area contributed by atoms with E-state index in [1.165, 1.54) is 10.4 Å². The quantitative estimate of drug-likeness (QED) is 0.256. The maximum atomic E-state index is 6.81. The summed E-state index contributed by atoms with van der Waals surface area (Å²) in [6.07, 6.45) is 1.82. The summed E-state index contributed by atoms with van der Waals surface area (Å²) in [5.41, 5.74) is 0. The van der Waals surface area contributed by atoms with Crippen LogP contribution in [-0.2, 0) is 8.85 Å². The Balaban J connectivity index is 2.09. The predicted molar refractivity (Wildman–Crippen MR) is 144 cm³/mol. The molecule has 2 aromatic carbocycles. The zero-order valence-electron chi connectivity index (χ0n) is 21.4. The molecule has 0 aromatic heterocycles. The molecule has 0 amide bonds. The first-order chi connectivity index (χ1) is 14.9. The van der Waals surface area contributed by atoms with Gasteiger partial charge in [-0.3, -0.25) is 0 Å². The Labute approximate surface area is 199 Å². The molecular formula is C28H42O2Si2. The third-order valence-electron chi connectivity index (χ3n) is 6.62. The van der Waals surface area contributed by atoms with Crippen molar-refractivity contribution in [3.8, 4) is 11.8 Å². The highest BCUT2D eigenvalue weighted by Crippen LogP contribution is 2.37. The Morgan fingerprint density at radius 3 is 1.62 bits per heavy atom. The molecule has 0 saturated heterocycles.